The lowest BCUT2D eigenvalue weighted by atomic mass is 9.93. The van der Waals surface area contributed by atoms with E-state index in [0.29, 0.717) is 5.84 Å². The zero-order chi connectivity index (χ0) is 36.7. The summed E-state index contributed by atoms with van der Waals surface area (Å²) in [6, 6.07) is 61.6. The fourth-order valence-electron chi connectivity index (χ4n) is 8.59. The van der Waals surface area contributed by atoms with Gasteiger partial charge in [0, 0.05) is 32.7 Å². The van der Waals surface area contributed by atoms with Crippen molar-refractivity contribution in [3.8, 4) is 11.1 Å². The predicted molar refractivity (Wildman–Crippen MR) is 231 cm³/mol. The molecule has 56 heavy (non-hydrogen) atoms. The molecule has 12 rings (SSSR count). The van der Waals surface area contributed by atoms with E-state index >= 15 is 0 Å². The molecule has 5 nitrogen and oxygen atoms in total. The molecule has 2 aromatic heterocycles. The predicted octanol–water partition coefficient (Wildman–Crippen LogP) is 13.1. The first-order valence-electron chi connectivity index (χ1n) is 18.9. The van der Waals surface area contributed by atoms with Crippen molar-refractivity contribution < 1.29 is 8.83 Å². The van der Waals surface area contributed by atoms with Crippen LogP contribution >= 0.6 is 0 Å². The minimum Gasteiger partial charge on any atom is -0.456 e. The second kappa shape index (κ2) is 12.0. The number of amidine groups is 2. The van der Waals surface area contributed by atoms with Crippen molar-refractivity contribution in [2.45, 2.75) is 6.17 Å². The van der Waals surface area contributed by atoms with Crippen LogP contribution in [-0.2, 0) is 0 Å². The quantitative estimate of drug-likeness (QED) is 0.184. The van der Waals surface area contributed by atoms with Crippen LogP contribution in [0, 0.1) is 0 Å². The highest BCUT2D eigenvalue weighted by molar-refractivity contribution is 6.25. The molecule has 1 atom stereocenters. The molecule has 0 fully saturated rings. The van der Waals surface area contributed by atoms with Gasteiger partial charge in [-0.3, -0.25) is 0 Å². The Morgan fingerprint density at radius 1 is 0.429 bits per heavy atom. The number of furan rings is 2. The number of para-hydroxylation sites is 1. The van der Waals surface area contributed by atoms with Gasteiger partial charge in [-0.05, 0) is 97.5 Å². The molecule has 0 amide bonds. The first-order chi connectivity index (χ1) is 27.7. The fraction of sp³-hybridized carbons (Fsp3) is 0.0196. The Hall–Kier alpha value is -7.50. The second-order valence-electron chi connectivity index (χ2n) is 14.6. The van der Waals surface area contributed by atoms with Crippen LogP contribution in [0.3, 0.4) is 0 Å². The largest absolute Gasteiger partial charge is 0.456 e. The number of hydrogen-bond acceptors (Lipinski definition) is 5. The Morgan fingerprint density at radius 3 is 2.02 bits per heavy atom. The molecule has 1 aliphatic heterocycles. The third-order valence-corrected chi connectivity index (χ3v) is 11.3. The van der Waals surface area contributed by atoms with E-state index in [0.717, 1.165) is 82.9 Å². The van der Waals surface area contributed by atoms with Gasteiger partial charge < -0.3 is 14.2 Å². The number of nitrogens with zero attached hydrogens (tertiary/aromatic N) is 2. The number of rotatable bonds is 4. The minimum atomic E-state index is -0.401. The Labute approximate surface area is 320 Å². The first kappa shape index (κ1) is 30.9. The molecule has 262 valence electrons. The number of fused-ring (bicyclic) bond motifs is 10. The number of aliphatic imine (C=N–C) groups is 2. The van der Waals surface area contributed by atoms with E-state index < -0.39 is 6.17 Å². The van der Waals surface area contributed by atoms with E-state index in [1.165, 1.54) is 26.9 Å². The highest BCUT2D eigenvalue weighted by Crippen LogP contribution is 2.41. The second-order valence-corrected chi connectivity index (χ2v) is 14.6. The van der Waals surface area contributed by atoms with Gasteiger partial charge in [0.05, 0.1) is 0 Å². The smallest absolute Gasteiger partial charge is 0.160 e. The monoisotopic (exact) mass is 717 g/mol. The molecule has 1 N–H and O–H groups in total. The van der Waals surface area contributed by atoms with Gasteiger partial charge >= 0.3 is 0 Å². The van der Waals surface area contributed by atoms with Crippen molar-refractivity contribution in [2.24, 2.45) is 9.98 Å². The van der Waals surface area contributed by atoms with Crippen LogP contribution in [0.4, 0.5) is 0 Å². The summed E-state index contributed by atoms with van der Waals surface area (Å²) >= 11 is 0. The highest BCUT2D eigenvalue weighted by Gasteiger charge is 2.27. The van der Waals surface area contributed by atoms with Crippen LogP contribution < -0.4 is 5.32 Å². The van der Waals surface area contributed by atoms with E-state index in [4.69, 9.17) is 18.8 Å². The fourth-order valence-corrected chi connectivity index (χ4v) is 8.59. The zero-order valence-electron chi connectivity index (χ0n) is 30.0. The van der Waals surface area contributed by atoms with Gasteiger partial charge in [-0.25, -0.2) is 9.98 Å². The molecule has 1 unspecified atom stereocenters. The summed E-state index contributed by atoms with van der Waals surface area (Å²) < 4.78 is 13.1. The van der Waals surface area contributed by atoms with Crippen LogP contribution in [0.5, 0.6) is 0 Å². The summed E-state index contributed by atoms with van der Waals surface area (Å²) in [6.45, 7) is 0. The summed E-state index contributed by atoms with van der Waals surface area (Å²) in [4.78, 5) is 10.8. The zero-order valence-corrected chi connectivity index (χ0v) is 30.0. The average Bonchev–Trinajstić information content (AvgIpc) is 3.82. The van der Waals surface area contributed by atoms with Crippen LogP contribution in [0.2, 0.25) is 0 Å². The topological polar surface area (TPSA) is 63.0 Å². The van der Waals surface area contributed by atoms with Crippen molar-refractivity contribution in [1.82, 2.24) is 5.32 Å². The lowest BCUT2D eigenvalue weighted by Crippen LogP contribution is -2.33. The number of nitrogens with one attached hydrogen (secondary N) is 1. The normalized spacial score (nSPS) is 14.6. The van der Waals surface area contributed by atoms with E-state index in [9.17, 15) is 0 Å². The van der Waals surface area contributed by atoms with Crippen LogP contribution in [0.1, 0.15) is 22.9 Å². The van der Waals surface area contributed by atoms with E-state index in [1.807, 2.05) is 30.3 Å². The van der Waals surface area contributed by atoms with Crippen molar-refractivity contribution in [3.05, 3.63) is 193 Å². The van der Waals surface area contributed by atoms with Gasteiger partial charge in [0.15, 0.2) is 5.84 Å². The van der Waals surface area contributed by atoms with Gasteiger partial charge in [-0.1, -0.05) is 127 Å². The third kappa shape index (κ3) is 4.81. The lowest BCUT2D eigenvalue weighted by molar-refractivity contribution is 0.668. The number of hydrogen-bond donors (Lipinski definition) is 1. The van der Waals surface area contributed by atoms with Crippen molar-refractivity contribution in [3.63, 3.8) is 0 Å². The van der Waals surface area contributed by atoms with Gasteiger partial charge in [-0.2, -0.15) is 0 Å². The van der Waals surface area contributed by atoms with Crippen LogP contribution in [-0.4, -0.2) is 11.7 Å². The summed E-state index contributed by atoms with van der Waals surface area (Å²) in [5.74, 6) is 1.39. The molecule has 0 bridgehead atoms. The lowest BCUT2D eigenvalue weighted by Gasteiger charge is -2.25. The highest BCUT2D eigenvalue weighted by atomic mass is 16.3. The third-order valence-electron chi connectivity index (χ3n) is 11.3. The Bertz CT molecular complexity index is 3460. The van der Waals surface area contributed by atoms with Crippen molar-refractivity contribution >= 4 is 87.9 Å². The maximum absolute atomic E-state index is 6.58. The van der Waals surface area contributed by atoms with E-state index in [-0.39, 0.29) is 0 Å². The first-order valence-corrected chi connectivity index (χ1v) is 18.9. The van der Waals surface area contributed by atoms with Crippen LogP contribution in [0.15, 0.2) is 195 Å². The van der Waals surface area contributed by atoms with Crippen molar-refractivity contribution in [1.29, 1.82) is 0 Å². The summed E-state index contributed by atoms with van der Waals surface area (Å²) in [6.07, 6.45) is -0.401. The minimum absolute atomic E-state index is 0.401. The molecule has 9 aromatic carbocycles. The van der Waals surface area contributed by atoms with Gasteiger partial charge in [-0.15, -0.1) is 0 Å². The molecule has 0 spiro atoms. The van der Waals surface area contributed by atoms with E-state index in [1.54, 1.807) is 0 Å². The molecule has 3 heterocycles. The van der Waals surface area contributed by atoms with Gasteiger partial charge in [0.2, 0.25) is 0 Å². The molecule has 0 saturated heterocycles. The van der Waals surface area contributed by atoms with E-state index in [2.05, 4.69) is 151 Å². The molecule has 0 radical (unpaired) electrons. The molecule has 0 saturated carbocycles. The summed E-state index contributed by atoms with van der Waals surface area (Å²) in [5.41, 5.74) is 8.27. The maximum Gasteiger partial charge on any atom is 0.160 e. The molecule has 11 aromatic rings. The number of benzene rings is 9. The van der Waals surface area contributed by atoms with Crippen LogP contribution in [0.25, 0.3) is 87.3 Å². The molecular formula is C51H31N3O2. The maximum atomic E-state index is 6.58. The molecule has 1 aliphatic rings. The Balaban J connectivity index is 1.10. The van der Waals surface area contributed by atoms with Crippen molar-refractivity contribution in [2.75, 3.05) is 0 Å². The summed E-state index contributed by atoms with van der Waals surface area (Å²) in [7, 11) is 0. The standard InChI is InChI=1S/C51H31N3O2/c1-2-11-31(12-3-1)49-52-50(36-21-22-38-34(26-36)19-18-30-10-6-7-15-37(30)38)54-51(53-49)48-39(24-25-44-47(48)41-16-8-9-17-43(41)55-44)35-20-23-40-42-27-32-13-4-5-14-33(32)28-46(42)56-45(40)29-35/h1-29,50H,(H,52,53,54). The average molecular weight is 718 g/mol. The Kier molecular flexibility index (Phi) is 6.63. The SMILES string of the molecule is c1ccc(C2=NC(c3c(-c4ccc5c(c4)oc4cc6ccccc6cc45)ccc4oc5ccccc5c34)=NC(c3ccc4c(ccc5ccccc54)c3)N2)cc1. The molecular weight excluding hydrogens is 687 g/mol. The van der Waals surface area contributed by atoms with Gasteiger partial charge in [0.1, 0.15) is 34.3 Å². The molecule has 0 aliphatic carbocycles. The Morgan fingerprint density at radius 2 is 1.12 bits per heavy atom. The van der Waals surface area contributed by atoms with Gasteiger partial charge in [0.25, 0.3) is 0 Å². The summed E-state index contributed by atoms with van der Waals surface area (Å²) in [5, 5.41) is 15.1. The molecule has 5 heteroatoms.